The number of nitrogens with zero attached hydrogens (tertiary/aromatic N) is 7. The van der Waals surface area contributed by atoms with Crippen molar-refractivity contribution in [3.8, 4) is 0 Å². The highest BCUT2D eigenvalue weighted by Crippen LogP contribution is 2.28. The van der Waals surface area contributed by atoms with E-state index in [1.807, 2.05) is 0 Å². The molecule has 1 saturated heterocycles. The third-order valence-corrected chi connectivity index (χ3v) is 3.03. The van der Waals surface area contributed by atoms with Crippen LogP contribution >= 0.6 is 0 Å². The van der Waals surface area contributed by atoms with Gasteiger partial charge in [-0.3, -0.25) is 0 Å². The van der Waals surface area contributed by atoms with E-state index in [0.29, 0.717) is 25.9 Å². The number of hydrogen-bond acceptors (Lipinski definition) is 4. The lowest BCUT2D eigenvalue weighted by Crippen LogP contribution is -2.48. The van der Waals surface area contributed by atoms with Crippen molar-refractivity contribution in [2.24, 2.45) is 10.2 Å². The molecule has 0 aliphatic carbocycles. The smallest absolute Gasteiger partial charge is 0.410 e. The van der Waals surface area contributed by atoms with E-state index < -0.39 is 11.1 Å². The first-order valence-electron chi connectivity index (χ1n) is 6.37. The maximum Gasteiger partial charge on any atom is 0.410 e. The molecule has 1 aliphatic rings. The number of likely N-dealkylation sites (tertiary alicyclic amines) is 1. The summed E-state index contributed by atoms with van der Waals surface area (Å²) in [4.78, 5) is 19.0. The Balaban J connectivity index is 2.67. The van der Waals surface area contributed by atoms with Crippen LogP contribution in [0.4, 0.5) is 4.79 Å². The fraction of sp³-hybridized carbons (Fsp3) is 0.909. The molecule has 1 heterocycles. The second-order valence-corrected chi connectivity index (χ2v) is 5.77. The zero-order chi connectivity index (χ0) is 15.2. The van der Waals surface area contributed by atoms with Gasteiger partial charge in [-0.2, -0.15) is 0 Å². The molecule has 0 atom stereocenters. The first-order valence-corrected chi connectivity index (χ1v) is 6.37. The molecule has 0 N–H and O–H groups in total. The van der Waals surface area contributed by atoms with Gasteiger partial charge in [-0.05, 0) is 44.7 Å². The number of piperidine rings is 1. The van der Waals surface area contributed by atoms with Crippen molar-refractivity contribution < 1.29 is 9.53 Å². The summed E-state index contributed by atoms with van der Waals surface area (Å²) in [6.45, 7) is 6.35. The summed E-state index contributed by atoms with van der Waals surface area (Å²) in [6, 6.07) is 0. The molecule has 1 rings (SSSR count). The molecule has 20 heavy (non-hydrogen) atoms. The van der Waals surface area contributed by atoms with E-state index >= 15 is 0 Å². The maximum absolute atomic E-state index is 11.9. The average molecular weight is 281 g/mol. The minimum absolute atomic E-state index is 0.107. The van der Waals surface area contributed by atoms with Crippen molar-refractivity contribution in [3.05, 3.63) is 20.9 Å². The summed E-state index contributed by atoms with van der Waals surface area (Å²) >= 11 is 0. The van der Waals surface area contributed by atoms with E-state index in [-0.39, 0.29) is 12.6 Å². The maximum atomic E-state index is 11.9. The van der Waals surface area contributed by atoms with Gasteiger partial charge in [0.25, 0.3) is 0 Å². The molecule has 0 aromatic carbocycles. The molecule has 0 unspecified atom stereocenters. The molecule has 1 amide bonds. The Morgan fingerprint density at radius 2 is 1.90 bits per heavy atom. The van der Waals surface area contributed by atoms with Crippen molar-refractivity contribution in [2.75, 3.05) is 19.6 Å². The highest BCUT2D eigenvalue weighted by Gasteiger charge is 2.36. The predicted molar refractivity (Wildman–Crippen MR) is 72.9 cm³/mol. The third kappa shape index (κ3) is 4.53. The van der Waals surface area contributed by atoms with Gasteiger partial charge in [0.05, 0.1) is 5.54 Å². The summed E-state index contributed by atoms with van der Waals surface area (Å²) in [5.74, 6) is 0. The van der Waals surface area contributed by atoms with Crippen molar-refractivity contribution >= 4 is 6.09 Å². The summed E-state index contributed by atoms with van der Waals surface area (Å²) in [6.07, 6.45) is 0.529. The molecule has 9 nitrogen and oxygen atoms in total. The number of carbonyl (C=O) groups is 1. The second-order valence-electron chi connectivity index (χ2n) is 5.77. The zero-order valence-corrected chi connectivity index (χ0v) is 12.0. The summed E-state index contributed by atoms with van der Waals surface area (Å²) in [5.41, 5.74) is 15.7. The molecule has 0 saturated carbocycles. The molecule has 0 aromatic rings. The zero-order valence-electron chi connectivity index (χ0n) is 12.0. The highest BCUT2D eigenvalue weighted by molar-refractivity contribution is 5.68. The summed E-state index contributed by atoms with van der Waals surface area (Å²) in [7, 11) is 0. The van der Waals surface area contributed by atoms with Gasteiger partial charge in [0, 0.05) is 29.5 Å². The molecule has 110 valence electrons. The third-order valence-electron chi connectivity index (χ3n) is 3.03. The molecule has 0 aromatic heterocycles. The molecule has 1 fully saturated rings. The molecule has 0 spiro atoms. The van der Waals surface area contributed by atoms with Gasteiger partial charge >= 0.3 is 6.09 Å². The number of amides is 1. The number of hydrogen-bond donors (Lipinski definition) is 0. The van der Waals surface area contributed by atoms with Crippen molar-refractivity contribution in [1.82, 2.24) is 4.90 Å². The largest absolute Gasteiger partial charge is 0.444 e. The van der Waals surface area contributed by atoms with Gasteiger partial charge in [0.15, 0.2) is 0 Å². The first-order chi connectivity index (χ1) is 9.32. The van der Waals surface area contributed by atoms with Crippen LogP contribution in [0.25, 0.3) is 20.9 Å². The second kappa shape index (κ2) is 6.36. The van der Waals surface area contributed by atoms with Crippen LogP contribution in [0.1, 0.15) is 33.6 Å². The van der Waals surface area contributed by atoms with Crippen LogP contribution in [0.2, 0.25) is 0 Å². The van der Waals surface area contributed by atoms with Crippen LogP contribution in [0.15, 0.2) is 10.2 Å². The molecule has 9 heteroatoms. The highest BCUT2D eigenvalue weighted by atomic mass is 16.6. The van der Waals surface area contributed by atoms with E-state index in [0.717, 1.165) is 0 Å². The van der Waals surface area contributed by atoms with E-state index in [1.54, 1.807) is 25.7 Å². The molecule has 0 bridgehead atoms. The number of rotatable bonds is 3. The van der Waals surface area contributed by atoms with Crippen molar-refractivity contribution in [1.29, 1.82) is 0 Å². The number of carbonyl (C=O) groups excluding carboxylic acids is 1. The minimum atomic E-state index is -0.737. The summed E-state index contributed by atoms with van der Waals surface area (Å²) in [5, 5.41) is 7.25. The van der Waals surface area contributed by atoms with Crippen molar-refractivity contribution in [3.63, 3.8) is 0 Å². The van der Waals surface area contributed by atoms with E-state index in [9.17, 15) is 4.79 Å². The Kier molecular flexibility index (Phi) is 5.07. The Bertz CT molecular complexity index is 450. The van der Waals surface area contributed by atoms with E-state index in [2.05, 4.69) is 20.1 Å². The Morgan fingerprint density at radius 3 is 2.35 bits per heavy atom. The van der Waals surface area contributed by atoms with Crippen molar-refractivity contribution in [2.45, 2.75) is 44.8 Å². The fourth-order valence-corrected chi connectivity index (χ4v) is 1.98. The number of azide groups is 2. The molecule has 0 radical (unpaired) electrons. The van der Waals surface area contributed by atoms with E-state index in [4.69, 9.17) is 15.8 Å². The lowest BCUT2D eigenvalue weighted by Gasteiger charge is -2.38. The number of ether oxygens (including phenoxy) is 1. The van der Waals surface area contributed by atoms with Gasteiger partial charge < -0.3 is 9.64 Å². The monoisotopic (exact) mass is 281 g/mol. The Labute approximate surface area is 117 Å². The average Bonchev–Trinajstić information content (AvgIpc) is 2.35. The van der Waals surface area contributed by atoms with Gasteiger partial charge in [0.1, 0.15) is 5.60 Å². The van der Waals surface area contributed by atoms with Gasteiger partial charge in [0.2, 0.25) is 0 Å². The molecular weight excluding hydrogens is 262 g/mol. The summed E-state index contributed by atoms with van der Waals surface area (Å²) < 4.78 is 5.29. The predicted octanol–water partition coefficient (Wildman–Crippen LogP) is 3.38. The Hall–Kier alpha value is -2.11. The van der Waals surface area contributed by atoms with Crippen LogP contribution in [0, 0.1) is 0 Å². The van der Waals surface area contributed by atoms with Crippen LogP contribution < -0.4 is 0 Å². The lowest BCUT2D eigenvalue weighted by molar-refractivity contribution is 0.0172. The van der Waals surface area contributed by atoms with Crippen LogP contribution in [-0.2, 0) is 4.74 Å². The van der Waals surface area contributed by atoms with E-state index in [1.165, 1.54) is 0 Å². The normalized spacial score (nSPS) is 17.6. The lowest BCUT2D eigenvalue weighted by atomic mass is 9.89. The molecular formula is C11H19N7O2. The van der Waals surface area contributed by atoms with Gasteiger partial charge in [-0.15, -0.1) is 0 Å². The molecule has 1 aliphatic heterocycles. The van der Waals surface area contributed by atoms with Gasteiger partial charge in [-0.25, -0.2) is 4.79 Å². The van der Waals surface area contributed by atoms with Gasteiger partial charge in [-0.1, -0.05) is 10.2 Å². The quantitative estimate of drug-likeness (QED) is 0.446. The van der Waals surface area contributed by atoms with Crippen LogP contribution in [0.3, 0.4) is 0 Å². The Morgan fingerprint density at radius 1 is 1.30 bits per heavy atom. The first kappa shape index (κ1) is 15.9. The standard InChI is InChI=1S/C11H19N7O2/c1-10(2,3)20-9(19)18-6-4-11(5-7-18,15-17-13)8-14-16-12/h4-8H2,1-3H3. The van der Waals surface area contributed by atoms with Crippen LogP contribution in [0.5, 0.6) is 0 Å². The minimum Gasteiger partial charge on any atom is -0.444 e. The van der Waals surface area contributed by atoms with Crippen LogP contribution in [-0.4, -0.2) is 41.8 Å². The topological polar surface area (TPSA) is 127 Å². The fourth-order valence-electron chi connectivity index (χ4n) is 1.98. The SMILES string of the molecule is CC(C)(C)OC(=O)N1CCC(CN=[N+]=[N-])(N=[N+]=[N-])CC1.